The molecule has 1 aromatic heterocycles. The molecule has 1 aliphatic rings. The van der Waals surface area contributed by atoms with Crippen LogP contribution in [0.3, 0.4) is 0 Å². The molecule has 1 amide bonds. The molecule has 0 radical (unpaired) electrons. The van der Waals surface area contributed by atoms with E-state index in [1.807, 2.05) is 64.2 Å². The van der Waals surface area contributed by atoms with Gasteiger partial charge in [-0.15, -0.1) is 0 Å². The third kappa shape index (κ3) is 4.24. The number of para-hydroxylation sites is 1. The van der Waals surface area contributed by atoms with Crippen LogP contribution in [0.1, 0.15) is 22.7 Å². The molecule has 172 valence electrons. The second-order valence-corrected chi connectivity index (χ2v) is 8.74. The highest BCUT2D eigenvalue weighted by Gasteiger charge is 2.34. The molecule has 3 aromatic carbocycles. The van der Waals surface area contributed by atoms with E-state index in [1.54, 1.807) is 18.2 Å². The van der Waals surface area contributed by atoms with E-state index in [9.17, 15) is 9.59 Å². The number of hydrogen-bond acceptors (Lipinski definition) is 3. The van der Waals surface area contributed by atoms with Gasteiger partial charge in [0.1, 0.15) is 12.3 Å². The number of fused-ring (bicyclic) bond motifs is 2. The fourth-order valence-corrected chi connectivity index (χ4v) is 4.87. The molecule has 1 aliphatic heterocycles. The summed E-state index contributed by atoms with van der Waals surface area (Å²) in [5.74, 6) is -0.708. The summed E-state index contributed by atoms with van der Waals surface area (Å²) >= 11 is 6.35. The summed E-state index contributed by atoms with van der Waals surface area (Å²) in [5.41, 5.74) is 3.80. The van der Waals surface area contributed by atoms with Gasteiger partial charge in [0.05, 0.1) is 6.04 Å². The maximum atomic E-state index is 13.7. The van der Waals surface area contributed by atoms with Crippen LogP contribution >= 0.6 is 11.6 Å². The van der Waals surface area contributed by atoms with Crippen molar-refractivity contribution in [2.24, 2.45) is 0 Å². The Bertz CT molecular complexity index is 1380. The molecule has 1 atom stereocenters. The number of carbonyl (C=O) groups excluding carboxylic acids is 1. The molecule has 4 aromatic rings. The highest BCUT2D eigenvalue weighted by molar-refractivity contribution is 6.30. The van der Waals surface area contributed by atoms with Crippen LogP contribution in [0.25, 0.3) is 10.9 Å². The minimum absolute atomic E-state index is 0.0370. The quantitative estimate of drug-likeness (QED) is 0.430. The van der Waals surface area contributed by atoms with E-state index >= 15 is 0 Å². The SMILES string of the molecule is O=C(O)COc1ccc(Cl)cc1C1c2ccccc2CCN1C(=O)Cn1ccc2ccccc21. The van der Waals surface area contributed by atoms with Gasteiger partial charge in [-0.1, -0.05) is 54.1 Å². The first-order chi connectivity index (χ1) is 16.5. The second kappa shape index (κ2) is 9.23. The Kier molecular flexibility index (Phi) is 5.99. The van der Waals surface area contributed by atoms with Crippen molar-refractivity contribution < 1.29 is 19.4 Å². The summed E-state index contributed by atoms with van der Waals surface area (Å²) in [5, 5.41) is 10.7. The fourth-order valence-electron chi connectivity index (χ4n) is 4.69. The monoisotopic (exact) mass is 474 g/mol. The van der Waals surface area contributed by atoms with Crippen LogP contribution < -0.4 is 4.74 Å². The predicted octanol–water partition coefficient (Wildman–Crippen LogP) is 4.93. The molecule has 0 fully saturated rings. The van der Waals surface area contributed by atoms with Gasteiger partial charge in [0.15, 0.2) is 6.61 Å². The molecular weight excluding hydrogens is 452 g/mol. The first-order valence-corrected chi connectivity index (χ1v) is 11.4. The lowest BCUT2D eigenvalue weighted by molar-refractivity contribution is -0.139. The van der Waals surface area contributed by atoms with Crippen molar-refractivity contribution in [2.45, 2.75) is 19.0 Å². The van der Waals surface area contributed by atoms with Crippen LogP contribution in [0.4, 0.5) is 0 Å². The molecule has 34 heavy (non-hydrogen) atoms. The molecule has 2 heterocycles. The van der Waals surface area contributed by atoms with Gasteiger partial charge in [-0.25, -0.2) is 4.79 Å². The van der Waals surface area contributed by atoms with Crippen LogP contribution in [0.5, 0.6) is 5.75 Å². The number of benzene rings is 3. The van der Waals surface area contributed by atoms with E-state index in [0.29, 0.717) is 22.9 Å². The van der Waals surface area contributed by atoms with Crippen LogP contribution in [0.2, 0.25) is 5.02 Å². The predicted molar refractivity (Wildman–Crippen MR) is 130 cm³/mol. The lowest BCUT2D eigenvalue weighted by atomic mass is 9.87. The number of rotatable bonds is 6. The highest BCUT2D eigenvalue weighted by atomic mass is 35.5. The summed E-state index contributed by atoms with van der Waals surface area (Å²) in [7, 11) is 0. The Morgan fingerprint density at radius 2 is 1.79 bits per heavy atom. The third-order valence-electron chi connectivity index (χ3n) is 6.21. The summed E-state index contributed by atoms with van der Waals surface area (Å²) in [6, 6.07) is 22.6. The van der Waals surface area contributed by atoms with Gasteiger partial charge in [-0.2, -0.15) is 0 Å². The van der Waals surface area contributed by atoms with E-state index in [1.165, 1.54) is 0 Å². The van der Waals surface area contributed by atoms with Crippen LogP contribution in [0, 0.1) is 0 Å². The largest absolute Gasteiger partial charge is 0.482 e. The Balaban J connectivity index is 1.56. The number of amides is 1. The van der Waals surface area contributed by atoms with E-state index in [-0.39, 0.29) is 12.5 Å². The van der Waals surface area contributed by atoms with Gasteiger partial charge in [-0.05, 0) is 53.3 Å². The molecule has 1 unspecified atom stereocenters. The van der Waals surface area contributed by atoms with Gasteiger partial charge in [-0.3, -0.25) is 4.79 Å². The minimum atomic E-state index is -1.07. The number of halogens is 1. The van der Waals surface area contributed by atoms with E-state index in [4.69, 9.17) is 21.4 Å². The topological polar surface area (TPSA) is 71.8 Å². The molecule has 0 spiro atoms. The maximum Gasteiger partial charge on any atom is 0.341 e. The average molecular weight is 475 g/mol. The van der Waals surface area contributed by atoms with Crippen molar-refractivity contribution in [2.75, 3.05) is 13.2 Å². The zero-order valence-electron chi connectivity index (χ0n) is 18.4. The normalized spacial score (nSPS) is 15.2. The van der Waals surface area contributed by atoms with Crippen molar-refractivity contribution in [3.05, 3.63) is 101 Å². The molecule has 0 bridgehead atoms. The highest BCUT2D eigenvalue weighted by Crippen LogP contribution is 2.40. The summed E-state index contributed by atoms with van der Waals surface area (Å²) in [6.45, 7) is 0.245. The number of ether oxygens (including phenoxy) is 1. The van der Waals surface area contributed by atoms with Crippen LogP contribution in [0.15, 0.2) is 79.0 Å². The zero-order valence-corrected chi connectivity index (χ0v) is 19.1. The van der Waals surface area contributed by atoms with E-state index < -0.39 is 18.6 Å². The molecule has 1 N–H and O–H groups in total. The number of aromatic nitrogens is 1. The summed E-state index contributed by atoms with van der Waals surface area (Å²) in [4.78, 5) is 26.7. The summed E-state index contributed by atoms with van der Waals surface area (Å²) < 4.78 is 7.57. The molecule has 0 saturated heterocycles. The number of carbonyl (C=O) groups is 2. The smallest absolute Gasteiger partial charge is 0.341 e. The van der Waals surface area contributed by atoms with Crippen molar-refractivity contribution in [3.8, 4) is 5.75 Å². The van der Waals surface area contributed by atoms with Crippen molar-refractivity contribution in [3.63, 3.8) is 0 Å². The second-order valence-electron chi connectivity index (χ2n) is 8.31. The Labute approximate surface area is 201 Å². The third-order valence-corrected chi connectivity index (χ3v) is 6.44. The van der Waals surface area contributed by atoms with Gasteiger partial charge in [0.2, 0.25) is 5.91 Å². The van der Waals surface area contributed by atoms with Crippen molar-refractivity contribution >= 4 is 34.4 Å². The molecule has 7 heteroatoms. The van der Waals surface area contributed by atoms with Gasteiger partial charge < -0.3 is 19.3 Å². The fraction of sp³-hybridized carbons (Fsp3) is 0.185. The molecule has 0 saturated carbocycles. The zero-order chi connectivity index (χ0) is 23.7. The number of carboxylic acids is 1. The van der Waals surface area contributed by atoms with Crippen molar-refractivity contribution in [1.29, 1.82) is 0 Å². The Morgan fingerprint density at radius 1 is 1.00 bits per heavy atom. The van der Waals surface area contributed by atoms with Crippen LogP contribution in [-0.4, -0.2) is 39.6 Å². The average Bonchev–Trinajstić information content (AvgIpc) is 3.25. The molecule has 5 rings (SSSR count). The first-order valence-electron chi connectivity index (χ1n) is 11.1. The lowest BCUT2D eigenvalue weighted by Crippen LogP contribution is -2.42. The molecule has 0 aliphatic carbocycles. The Morgan fingerprint density at radius 3 is 2.65 bits per heavy atom. The number of nitrogens with zero attached hydrogens (tertiary/aromatic N) is 2. The minimum Gasteiger partial charge on any atom is -0.482 e. The Hall–Kier alpha value is -3.77. The van der Waals surface area contributed by atoms with Gasteiger partial charge >= 0.3 is 5.97 Å². The van der Waals surface area contributed by atoms with Gasteiger partial charge in [0.25, 0.3) is 0 Å². The van der Waals surface area contributed by atoms with Crippen LogP contribution in [-0.2, 0) is 22.6 Å². The molecule has 6 nitrogen and oxygen atoms in total. The van der Waals surface area contributed by atoms with Gasteiger partial charge in [0, 0.05) is 28.8 Å². The number of hydrogen-bond donors (Lipinski definition) is 1. The molecular formula is C27H23ClN2O4. The summed E-state index contributed by atoms with van der Waals surface area (Å²) in [6.07, 6.45) is 2.66. The lowest BCUT2D eigenvalue weighted by Gasteiger charge is -2.38. The number of carboxylic acid groups (broad SMARTS) is 1. The van der Waals surface area contributed by atoms with E-state index in [2.05, 4.69) is 6.07 Å². The number of aliphatic carboxylic acids is 1. The standard InChI is InChI=1S/C27H23ClN2O4/c28-20-9-10-24(34-17-26(32)33)22(15-20)27-21-7-3-1-5-18(21)12-14-30(27)25(31)16-29-13-11-19-6-2-4-8-23(19)29/h1-11,13,15,27H,12,14,16-17H2,(H,32,33). The van der Waals surface area contributed by atoms with E-state index in [0.717, 1.165) is 28.5 Å². The first kappa shape index (κ1) is 22.0. The maximum absolute atomic E-state index is 13.7. The van der Waals surface area contributed by atoms with Crippen molar-refractivity contribution in [1.82, 2.24) is 9.47 Å².